The Morgan fingerprint density at radius 2 is 1.20 bits per heavy atom. The molecule has 0 saturated carbocycles. The number of benzene rings is 1. The number of nitrogens with one attached hydrogen (secondary N) is 7. The van der Waals surface area contributed by atoms with Gasteiger partial charge in [0.05, 0.1) is 106 Å². The number of nitrogens with two attached hydrogens (primary N) is 6. The van der Waals surface area contributed by atoms with Crippen molar-refractivity contribution in [2.45, 2.75) is 257 Å². The first-order valence-electron chi connectivity index (χ1n) is 47.3. The molecule has 0 spiro atoms. The second kappa shape index (κ2) is 83.1. The molecule has 0 aliphatic carbocycles. The largest absolute Gasteiger partial charge is 0.693 e. The molecule has 11 atom stereocenters. The number of rotatable bonds is 75. The van der Waals surface area contributed by atoms with Crippen molar-refractivity contribution in [1.29, 1.82) is 0 Å². The average Bonchev–Trinajstić information content (AvgIpc) is 1.05. The van der Waals surface area contributed by atoms with E-state index in [0.717, 1.165) is 5.56 Å². The van der Waals surface area contributed by atoms with Gasteiger partial charge in [0.2, 0.25) is 29.5 Å². The van der Waals surface area contributed by atoms with Crippen LogP contribution in [0, 0.1) is 29.6 Å². The van der Waals surface area contributed by atoms with Crippen LogP contribution in [0.2, 0.25) is 0 Å². The topological polar surface area (TPSA) is 606 Å². The van der Waals surface area contributed by atoms with Crippen LogP contribution in [-0.2, 0) is 135 Å². The number of aliphatic imine (C=N–C) groups is 2. The molecule has 136 heavy (non-hydrogen) atoms. The summed E-state index contributed by atoms with van der Waals surface area (Å²) in [6.45, 7) is 13.8. The van der Waals surface area contributed by atoms with Crippen LogP contribution in [0.15, 0.2) is 34.3 Å². The van der Waals surface area contributed by atoms with Crippen molar-refractivity contribution in [3.05, 3.63) is 36.0 Å². The Labute approximate surface area is 848 Å². The van der Waals surface area contributed by atoms with Gasteiger partial charge in [0.1, 0.15) is 40.4 Å². The average molecular weight is 2070 g/mol. The number of ether oxygens (including phenoxy) is 4. The number of unbranched alkanes of at least 4 members (excludes halogenated alkanes) is 2. The maximum atomic E-state index is 13.8. The third kappa shape index (κ3) is 66.9. The van der Waals surface area contributed by atoms with Crippen molar-refractivity contribution in [3.8, 4) is 5.75 Å². The van der Waals surface area contributed by atoms with Gasteiger partial charge in [-0.2, -0.15) is 47.0 Å². The molecule has 0 unspecified atom stereocenters. The Kier molecular flexibility index (Phi) is 80.3. The van der Waals surface area contributed by atoms with Gasteiger partial charge in [-0.3, -0.25) is 87.2 Å². The van der Waals surface area contributed by atoms with Crippen LogP contribution >= 0.6 is 47.0 Å². The quantitative estimate of drug-likeness (QED) is 0.0157. The Morgan fingerprint density at radius 1 is 0.632 bits per heavy atom. The number of nitrogens with zero attached hydrogens (tertiary/aromatic N) is 3. The number of Topliss-reactive ketones (excluding diaryl/α,β-unsaturated/α-hetero) is 10. The zero-order chi connectivity index (χ0) is 99.8. The van der Waals surface area contributed by atoms with Gasteiger partial charge >= 0.3 is 0 Å². The minimum atomic E-state index is -0.826. The number of amides is 5. The minimum absolute atomic E-state index is 0. The normalized spacial score (nSPS) is 16.2. The van der Waals surface area contributed by atoms with E-state index in [9.17, 15) is 81.8 Å². The maximum Gasteiger partial charge on any atom is 0.234 e. The summed E-state index contributed by atoms with van der Waals surface area (Å²) in [5.74, 6) is -1.76. The number of ketones is 10. The van der Waals surface area contributed by atoms with Gasteiger partial charge in [0.25, 0.3) is 0 Å². The van der Waals surface area contributed by atoms with E-state index in [4.69, 9.17) is 47.6 Å². The number of aromatic hydroxyl groups is 1. The number of thioether (sulfide) groups is 4. The molecule has 1 aromatic rings. The monoisotopic (exact) mass is 2070 g/mol. The van der Waals surface area contributed by atoms with E-state index in [1.807, 2.05) is 46.5 Å². The number of phenols is 1. The van der Waals surface area contributed by atoms with Gasteiger partial charge < -0.3 is 100 Å². The molecule has 20 N–H and O–H groups in total. The van der Waals surface area contributed by atoms with Gasteiger partial charge in [0, 0.05) is 166 Å². The maximum absolute atomic E-state index is 13.8. The molecule has 0 bridgehead atoms. The summed E-state index contributed by atoms with van der Waals surface area (Å²) in [6.07, 6.45) is 17.3. The fraction of sp³-hybridized carbons (Fsp3) is 0.745. The predicted octanol–water partition coefficient (Wildman–Crippen LogP) is 5.85. The first-order chi connectivity index (χ1) is 64.1. The number of carbonyl (C=O) groups excluding carboxylic acids is 16. The fourth-order valence-electron chi connectivity index (χ4n) is 14.3. The van der Waals surface area contributed by atoms with Crippen molar-refractivity contribution in [2.24, 2.45) is 68.2 Å². The summed E-state index contributed by atoms with van der Waals surface area (Å²) in [5.41, 5.74) is 28.3. The van der Waals surface area contributed by atoms with E-state index in [2.05, 4.69) is 47.2 Å². The van der Waals surface area contributed by atoms with Gasteiger partial charge in [0.15, 0.2) is 35.1 Å². The SMILES string of the molecule is CC[C@H](C)[C@@H]1NC(=O)CCC(=O)CSC[C@@H](C(=O)CN(C)[C@H]([C-]=O)CCCN=C(N)N)NCC(=O)[C@H](CCCCNC(=O)CCOCCOCCCC(=O)CSC)CCC1=O.CC[C@H](C)[C@H](NC(=O)CCC(=O)CSC[C@H](NC)C(=O)CC[C@@H](CCCN=C(N)N)CN[C@@H](Cc1ccc(O)cc1)C(N)=O)C(=O)CC[C@@H](CCCCNC(=O)CCOCCOCCCC(=O)CSC)C(C)=O.[NH2-].[Y]. The molecule has 2 rings (SSSR count). The predicted molar refractivity (Wildman–Crippen MR) is 536 cm³/mol. The molecule has 1 aliphatic rings. The molecule has 37 nitrogen and oxygen atoms in total. The molecule has 1 heterocycles. The van der Waals surface area contributed by atoms with Crippen molar-refractivity contribution in [1.82, 2.24) is 42.1 Å². The summed E-state index contributed by atoms with van der Waals surface area (Å²) in [6, 6.07) is 2.35. The number of carbonyl (C=O) groups is 15. The van der Waals surface area contributed by atoms with Crippen LogP contribution in [0.3, 0.4) is 0 Å². The summed E-state index contributed by atoms with van der Waals surface area (Å²) in [7, 11) is 3.32. The van der Waals surface area contributed by atoms with E-state index >= 15 is 0 Å². The van der Waals surface area contributed by atoms with Crippen LogP contribution in [0.5, 0.6) is 5.75 Å². The van der Waals surface area contributed by atoms with Crippen molar-refractivity contribution in [2.75, 3.05) is 160 Å². The van der Waals surface area contributed by atoms with Crippen LogP contribution in [0.1, 0.15) is 220 Å². The van der Waals surface area contributed by atoms with Gasteiger partial charge in [-0.05, 0) is 159 Å². The third-order valence-electron chi connectivity index (χ3n) is 22.9. The Hall–Kier alpha value is -6.58. The molecule has 1 aromatic carbocycles. The van der Waals surface area contributed by atoms with E-state index in [1.54, 1.807) is 43.3 Å². The van der Waals surface area contributed by atoms with Crippen LogP contribution < -0.4 is 65.9 Å². The standard InChI is InChI=1S/C52H88N8O11S2.C42H72N7O10S2.H2N.Y/c1-6-36(2)50(47(66)22-17-40(37(3)61)12-7-8-25-57-48(67)24-28-71-30-29-70-27-10-13-42(63)33-72-5)60-49(68)23-20-43(64)34-73-35-45(56-4)46(65)21-16-39(11-9-26-58-52(54)55)32-59-44(51(53)69)31-38-14-18-41(62)19-15-38;1-5-30(2)41-36(53)15-13-31(10-6-7-18-45-39(56)17-21-59-23-22-58-20-9-12-33(51)27-60-4)37(54)24-47-35(29-61-28-34(52)14-16-40(57)48-41)38(55)25-49(3)32(26-50)11-8-19-46-42(43)44;;/h14-15,18-19,36,39-40,44-45,50,56,59,62H,6-13,16-17,20-35H2,1-5H3,(H2,53,69)(H,57,67)(H,60,68)(H4,54,55,58);30-32,35,41,47H,5-25,27-29H2,1-4H3,(H,45,56)(H,48,57)(H4,43,44,46);1H2;/q;2*-1;/t36-,39+,40+,44-,45-,50-;30-,31+,32-,35-,41-;;/m00../s1. The van der Waals surface area contributed by atoms with Crippen LogP contribution in [0.25, 0.3) is 6.15 Å². The number of hydrogen-bond acceptors (Lipinski definition) is 31. The van der Waals surface area contributed by atoms with Crippen molar-refractivity contribution < 1.29 is 133 Å². The number of primary amides is 1. The number of likely N-dealkylation sites (N-methyl/N-ethyl adjacent to an activating group) is 2. The van der Waals surface area contributed by atoms with E-state index in [0.29, 0.717) is 212 Å². The van der Waals surface area contributed by atoms with Crippen molar-refractivity contribution in [3.63, 3.8) is 0 Å². The summed E-state index contributed by atoms with van der Waals surface area (Å²) in [4.78, 5) is 213. The minimum Gasteiger partial charge on any atom is -0.693 e. The smallest absolute Gasteiger partial charge is 0.234 e. The molecule has 1 radical (unpaired) electrons. The Bertz CT molecular complexity index is 3710. The van der Waals surface area contributed by atoms with E-state index < -0.39 is 59.9 Å². The Balaban J connectivity index is 0. The molecule has 0 aromatic heterocycles. The van der Waals surface area contributed by atoms with Gasteiger partial charge in [-0.15, -0.1) is 0 Å². The molecular formula is C94H162N16O21S4Y-2. The zero-order valence-corrected chi connectivity index (χ0v) is 88.2. The van der Waals surface area contributed by atoms with Crippen molar-refractivity contribution >= 4 is 153 Å². The Morgan fingerprint density at radius 3 is 1.74 bits per heavy atom. The zero-order valence-electron chi connectivity index (χ0n) is 82.1. The number of guanidine groups is 2. The molecule has 1 saturated heterocycles. The molecule has 773 valence electrons. The van der Waals surface area contributed by atoms with Gasteiger partial charge in [-0.1, -0.05) is 78.0 Å². The first-order valence-corrected chi connectivity index (χ1v) is 52.4. The molecular weight excluding hydrogens is 1910 g/mol. The second-order valence-corrected chi connectivity index (χ2v) is 37.8. The van der Waals surface area contributed by atoms with Crippen LogP contribution in [-0.4, -0.2) is 312 Å². The molecule has 1 fully saturated rings. The van der Waals surface area contributed by atoms with Crippen LogP contribution in [0.4, 0.5) is 0 Å². The number of hydrogen-bond donors (Lipinski definition) is 13. The summed E-state index contributed by atoms with van der Waals surface area (Å²) < 4.78 is 21.9. The first kappa shape index (κ1) is 131. The number of phenolic OH excluding ortho intramolecular Hbond substituents is 1. The molecule has 5 amide bonds. The summed E-state index contributed by atoms with van der Waals surface area (Å²) >= 11 is 5.55. The molecule has 1 aliphatic heterocycles. The van der Waals surface area contributed by atoms with Gasteiger partial charge in [-0.25, -0.2) is 6.29 Å². The molecule has 42 heteroatoms. The van der Waals surface area contributed by atoms with E-state index in [-0.39, 0.29) is 258 Å². The second-order valence-electron chi connectivity index (χ2n) is 34.0. The van der Waals surface area contributed by atoms with E-state index in [1.165, 1.54) is 54.0 Å². The fourth-order valence-corrected chi connectivity index (χ4v) is 17.3. The third-order valence-corrected chi connectivity index (χ3v) is 26.3. The summed E-state index contributed by atoms with van der Waals surface area (Å²) in [5, 5.41) is 30.5.